The van der Waals surface area contributed by atoms with Gasteiger partial charge in [-0.25, -0.2) is 4.79 Å². The number of imide groups is 1. The lowest BCUT2D eigenvalue weighted by molar-refractivity contribution is -0.138. The lowest BCUT2D eigenvalue weighted by atomic mass is 10.3. The number of carboxylic acids is 1. The van der Waals surface area contributed by atoms with E-state index in [1.165, 1.54) is 0 Å². The van der Waals surface area contributed by atoms with Crippen molar-refractivity contribution in [2.24, 2.45) is 0 Å². The van der Waals surface area contributed by atoms with E-state index >= 15 is 0 Å². The van der Waals surface area contributed by atoms with E-state index in [1.54, 1.807) is 0 Å². The SMILES string of the molecule is CCCCOCCCNC(=O)NC(=O)CCC(=O)O. The summed E-state index contributed by atoms with van der Waals surface area (Å²) in [5.41, 5.74) is 0. The van der Waals surface area contributed by atoms with Crippen LogP contribution in [-0.4, -0.2) is 42.8 Å². The minimum Gasteiger partial charge on any atom is -0.481 e. The van der Waals surface area contributed by atoms with Crippen molar-refractivity contribution in [3.05, 3.63) is 0 Å². The number of carbonyl (C=O) groups excluding carboxylic acids is 2. The van der Waals surface area contributed by atoms with Gasteiger partial charge in [-0.3, -0.25) is 14.9 Å². The van der Waals surface area contributed by atoms with E-state index in [2.05, 4.69) is 17.6 Å². The first-order valence-corrected chi connectivity index (χ1v) is 6.43. The van der Waals surface area contributed by atoms with Gasteiger partial charge in [-0.2, -0.15) is 0 Å². The normalized spacial score (nSPS) is 9.95. The molecule has 0 spiro atoms. The number of unbranched alkanes of at least 4 members (excludes halogenated alkanes) is 1. The molecule has 110 valence electrons. The predicted molar refractivity (Wildman–Crippen MR) is 68.8 cm³/mol. The second-order valence-electron chi connectivity index (χ2n) is 4.02. The maximum absolute atomic E-state index is 11.2. The molecule has 19 heavy (non-hydrogen) atoms. The largest absolute Gasteiger partial charge is 0.481 e. The van der Waals surface area contributed by atoms with Crippen LogP contribution >= 0.6 is 0 Å². The Morgan fingerprint density at radius 3 is 2.42 bits per heavy atom. The smallest absolute Gasteiger partial charge is 0.321 e. The molecular formula is C12H22N2O5. The van der Waals surface area contributed by atoms with Crippen molar-refractivity contribution >= 4 is 17.9 Å². The predicted octanol–water partition coefficient (Wildman–Crippen LogP) is 0.884. The number of ether oxygens (including phenoxy) is 1. The highest BCUT2D eigenvalue weighted by Crippen LogP contribution is 1.90. The molecule has 0 aromatic carbocycles. The summed E-state index contributed by atoms with van der Waals surface area (Å²) in [6.45, 7) is 3.77. The van der Waals surface area contributed by atoms with Crippen LogP contribution in [0.1, 0.15) is 39.0 Å². The van der Waals surface area contributed by atoms with Crippen molar-refractivity contribution in [3.63, 3.8) is 0 Å². The van der Waals surface area contributed by atoms with E-state index < -0.39 is 17.9 Å². The molecule has 7 nitrogen and oxygen atoms in total. The molecule has 0 aromatic heterocycles. The summed E-state index contributed by atoms with van der Waals surface area (Å²) >= 11 is 0. The molecule has 0 aliphatic heterocycles. The highest BCUT2D eigenvalue weighted by atomic mass is 16.5. The molecule has 0 atom stereocenters. The Labute approximate surface area is 112 Å². The van der Waals surface area contributed by atoms with Crippen LogP contribution in [0, 0.1) is 0 Å². The molecule has 0 bridgehead atoms. The molecule has 0 radical (unpaired) electrons. The molecule has 0 unspecified atom stereocenters. The Morgan fingerprint density at radius 2 is 1.79 bits per heavy atom. The summed E-state index contributed by atoms with van der Waals surface area (Å²) in [4.78, 5) is 32.5. The first-order chi connectivity index (χ1) is 9.06. The van der Waals surface area contributed by atoms with E-state index in [9.17, 15) is 14.4 Å². The van der Waals surface area contributed by atoms with Gasteiger partial charge in [0.1, 0.15) is 0 Å². The monoisotopic (exact) mass is 274 g/mol. The first kappa shape index (κ1) is 17.4. The van der Waals surface area contributed by atoms with Crippen LogP contribution < -0.4 is 10.6 Å². The summed E-state index contributed by atoms with van der Waals surface area (Å²) < 4.78 is 5.30. The summed E-state index contributed by atoms with van der Waals surface area (Å²) in [6, 6.07) is -0.607. The zero-order valence-electron chi connectivity index (χ0n) is 11.2. The van der Waals surface area contributed by atoms with E-state index in [0.29, 0.717) is 19.6 Å². The molecule has 3 amide bonds. The Bertz CT molecular complexity index is 294. The Hall–Kier alpha value is -1.63. The van der Waals surface area contributed by atoms with Crippen LogP contribution in [0.25, 0.3) is 0 Å². The molecule has 3 N–H and O–H groups in total. The molecule has 0 aliphatic rings. The van der Waals surface area contributed by atoms with Crippen molar-refractivity contribution in [2.75, 3.05) is 19.8 Å². The number of urea groups is 1. The van der Waals surface area contributed by atoms with Gasteiger partial charge in [-0.1, -0.05) is 13.3 Å². The number of rotatable bonds is 10. The number of nitrogens with one attached hydrogen (secondary N) is 2. The summed E-state index contributed by atoms with van der Waals surface area (Å²) in [5.74, 6) is -1.67. The summed E-state index contributed by atoms with van der Waals surface area (Å²) in [5, 5.41) is 12.9. The Kier molecular flexibility index (Phi) is 10.5. The minimum absolute atomic E-state index is 0.205. The lowest BCUT2D eigenvalue weighted by Crippen LogP contribution is -2.40. The van der Waals surface area contributed by atoms with Gasteiger partial charge in [-0.15, -0.1) is 0 Å². The molecule has 0 aliphatic carbocycles. The number of carboxylic acid groups (broad SMARTS) is 1. The third kappa shape index (κ3) is 12.6. The Morgan fingerprint density at radius 1 is 1.11 bits per heavy atom. The zero-order valence-corrected chi connectivity index (χ0v) is 11.2. The standard InChI is InChI=1S/C12H22N2O5/c1-2-3-8-19-9-4-7-13-12(18)14-10(15)5-6-11(16)17/h2-9H2,1H3,(H,16,17)(H2,13,14,15,18). The molecule has 0 rings (SSSR count). The van der Waals surface area contributed by atoms with Crippen LogP contribution in [0.5, 0.6) is 0 Å². The van der Waals surface area contributed by atoms with Crippen LogP contribution in [0.15, 0.2) is 0 Å². The fourth-order valence-electron chi connectivity index (χ4n) is 1.18. The van der Waals surface area contributed by atoms with Crippen molar-refractivity contribution in [1.82, 2.24) is 10.6 Å². The van der Waals surface area contributed by atoms with E-state index in [0.717, 1.165) is 19.4 Å². The van der Waals surface area contributed by atoms with Crippen molar-refractivity contribution in [3.8, 4) is 0 Å². The fraction of sp³-hybridized carbons (Fsp3) is 0.750. The number of hydrogen-bond acceptors (Lipinski definition) is 4. The van der Waals surface area contributed by atoms with E-state index in [1.807, 2.05) is 0 Å². The molecule has 0 fully saturated rings. The van der Waals surface area contributed by atoms with Crippen LogP contribution in [-0.2, 0) is 14.3 Å². The average Bonchev–Trinajstić information content (AvgIpc) is 2.35. The fourth-order valence-corrected chi connectivity index (χ4v) is 1.18. The van der Waals surface area contributed by atoms with E-state index in [4.69, 9.17) is 9.84 Å². The number of hydrogen-bond donors (Lipinski definition) is 3. The number of amides is 3. The Balaban J connectivity index is 3.43. The van der Waals surface area contributed by atoms with Crippen molar-refractivity contribution < 1.29 is 24.2 Å². The quantitative estimate of drug-likeness (QED) is 0.513. The van der Waals surface area contributed by atoms with Gasteiger partial charge in [0.15, 0.2) is 0 Å². The topological polar surface area (TPSA) is 105 Å². The van der Waals surface area contributed by atoms with Gasteiger partial charge in [0.2, 0.25) is 5.91 Å². The van der Waals surface area contributed by atoms with Gasteiger partial charge < -0.3 is 15.2 Å². The number of carbonyl (C=O) groups is 3. The molecule has 0 saturated heterocycles. The molecule has 0 heterocycles. The van der Waals surface area contributed by atoms with Gasteiger partial charge in [0, 0.05) is 26.2 Å². The highest BCUT2D eigenvalue weighted by Gasteiger charge is 2.08. The highest BCUT2D eigenvalue weighted by molar-refractivity contribution is 5.95. The maximum Gasteiger partial charge on any atom is 0.321 e. The van der Waals surface area contributed by atoms with E-state index in [-0.39, 0.29) is 12.8 Å². The van der Waals surface area contributed by atoms with Crippen LogP contribution in [0.2, 0.25) is 0 Å². The van der Waals surface area contributed by atoms with Crippen LogP contribution in [0.3, 0.4) is 0 Å². The number of aliphatic carboxylic acids is 1. The van der Waals surface area contributed by atoms with Crippen molar-refractivity contribution in [1.29, 1.82) is 0 Å². The molecule has 7 heteroatoms. The summed E-state index contributed by atoms with van der Waals surface area (Å²) in [7, 11) is 0. The zero-order chi connectivity index (χ0) is 14.5. The third-order valence-electron chi connectivity index (χ3n) is 2.21. The van der Waals surface area contributed by atoms with Crippen LogP contribution in [0.4, 0.5) is 4.79 Å². The average molecular weight is 274 g/mol. The van der Waals surface area contributed by atoms with Gasteiger partial charge >= 0.3 is 12.0 Å². The third-order valence-corrected chi connectivity index (χ3v) is 2.21. The first-order valence-electron chi connectivity index (χ1n) is 6.43. The molecule has 0 saturated carbocycles. The van der Waals surface area contributed by atoms with Crippen molar-refractivity contribution in [2.45, 2.75) is 39.0 Å². The van der Waals surface area contributed by atoms with Gasteiger partial charge in [0.05, 0.1) is 6.42 Å². The second kappa shape index (κ2) is 11.5. The second-order valence-corrected chi connectivity index (χ2v) is 4.02. The maximum atomic E-state index is 11.2. The van der Waals surface area contributed by atoms with Gasteiger partial charge in [-0.05, 0) is 12.8 Å². The van der Waals surface area contributed by atoms with Gasteiger partial charge in [0.25, 0.3) is 0 Å². The summed E-state index contributed by atoms with van der Waals surface area (Å²) in [6.07, 6.45) is 2.28. The lowest BCUT2D eigenvalue weighted by Gasteiger charge is -2.06. The minimum atomic E-state index is -1.07. The molecule has 0 aromatic rings. The molecular weight excluding hydrogens is 252 g/mol.